The highest BCUT2D eigenvalue weighted by Gasteiger charge is 2.64. The van der Waals surface area contributed by atoms with Crippen LogP contribution in [-0.2, 0) is 35.6 Å². The molecule has 0 radical (unpaired) electrons. The maximum absolute atomic E-state index is 14.7. The topological polar surface area (TPSA) is 173 Å². The summed E-state index contributed by atoms with van der Waals surface area (Å²) in [5, 5.41) is 6.46. The van der Waals surface area contributed by atoms with Gasteiger partial charge in [-0.3, -0.25) is 19.1 Å². The molecule has 2 aliphatic carbocycles. The van der Waals surface area contributed by atoms with E-state index in [4.69, 9.17) is 14.5 Å². The molecule has 4 amide bonds. The van der Waals surface area contributed by atoms with E-state index < -0.39 is 73.5 Å². The van der Waals surface area contributed by atoms with Crippen molar-refractivity contribution in [1.29, 1.82) is 0 Å². The van der Waals surface area contributed by atoms with E-state index in [2.05, 4.69) is 15.4 Å². The minimum absolute atomic E-state index is 0.0267. The summed E-state index contributed by atoms with van der Waals surface area (Å²) < 4.78 is 54.1. The molecule has 3 fully saturated rings. The smallest absolute Gasteiger partial charge is 0.407 e. The minimum atomic E-state index is -4.01. The fraction of sp³-hybridized carbons (Fsp3) is 0.488. The molecule has 0 bridgehead atoms. The Bertz CT molecular complexity index is 2260. The van der Waals surface area contributed by atoms with Crippen LogP contribution in [-0.4, -0.2) is 83.7 Å². The van der Waals surface area contributed by atoms with Crippen LogP contribution in [0.1, 0.15) is 76.7 Å². The third-order valence-corrected chi connectivity index (χ3v) is 14.4. The van der Waals surface area contributed by atoms with Gasteiger partial charge < -0.3 is 25.0 Å². The van der Waals surface area contributed by atoms with E-state index in [1.807, 2.05) is 36.4 Å². The van der Waals surface area contributed by atoms with Gasteiger partial charge in [0, 0.05) is 28.9 Å². The second-order valence-electron chi connectivity index (χ2n) is 16.2. The summed E-state index contributed by atoms with van der Waals surface area (Å²) in [5.41, 5.74) is -0.140. The lowest BCUT2D eigenvalue weighted by molar-refractivity contribution is -0.141. The highest BCUT2D eigenvalue weighted by Crippen LogP contribution is 2.50. The summed E-state index contributed by atoms with van der Waals surface area (Å²) in [6.45, 7) is 1.55. The number of ether oxygens (including phenoxy) is 2. The summed E-state index contributed by atoms with van der Waals surface area (Å²) in [4.78, 5) is 62.1. The van der Waals surface area contributed by atoms with Gasteiger partial charge in [0.25, 0.3) is 5.91 Å². The van der Waals surface area contributed by atoms with Crippen LogP contribution < -0.4 is 20.1 Å². The summed E-state index contributed by atoms with van der Waals surface area (Å²) in [7, 11) is -2.80. The summed E-state index contributed by atoms with van der Waals surface area (Å²) in [5.74, 6) is -2.43. The van der Waals surface area contributed by atoms with Crippen LogP contribution >= 0.6 is 0 Å². The van der Waals surface area contributed by atoms with E-state index >= 15 is 0 Å². The lowest BCUT2D eigenvalue weighted by Crippen LogP contribution is -2.58. The van der Waals surface area contributed by atoms with E-state index in [0.29, 0.717) is 67.5 Å². The molecule has 1 saturated heterocycles. The number of allylic oxidation sites excluding steroid dienone is 1. The Kier molecular flexibility index (Phi) is 9.57. The highest BCUT2D eigenvalue weighted by molar-refractivity contribution is 7.91. The predicted octanol–water partition coefficient (Wildman–Crippen LogP) is 4.82. The van der Waals surface area contributed by atoms with E-state index in [0.717, 1.165) is 23.8 Å². The van der Waals surface area contributed by atoms with Gasteiger partial charge in [0.05, 0.1) is 23.9 Å². The number of aryl methyl sites for hydroxylation is 1. The van der Waals surface area contributed by atoms with Gasteiger partial charge >= 0.3 is 6.09 Å². The summed E-state index contributed by atoms with van der Waals surface area (Å²) >= 11 is 0. The maximum Gasteiger partial charge on any atom is 0.407 e. The molecule has 13 nitrogen and oxygen atoms in total. The number of para-hydroxylation sites is 1. The Hall–Kier alpha value is -5.05. The SMILES string of the molecule is COC(=O)N[C@H]1CCCCC/C=C\[C@H]2C[C@@]2(C(=O)NS(=O)(=O)C2(C)CC2)NC(=O)[C@@H]2C[C@]3(CCc4c(c(-c5cccc(F)c5)nc5ccccc45)O3)CN2C1=O. The number of carbonyl (C=O) groups is 4. The Morgan fingerprint density at radius 1 is 1.05 bits per heavy atom. The van der Waals surface area contributed by atoms with Crippen molar-refractivity contribution in [2.45, 2.75) is 106 Å². The first kappa shape index (κ1) is 37.9. The van der Waals surface area contributed by atoms with Crippen LogP contribution in [0.25, 0.3) is 22.2 Å². The van der Waals surface area contributed by atoms with E-state index in [1.54, 1.807) is 19.1 Å². The molecule has 3 aromatic rings. The van der Waals surface area contributed by atoms with Gasteiger partial charge in [-0.25, -0.2) is 22.6 Å². The van der Waals surface area contributed by atoms with Gasteiger partial charge in [-0.1, -0.05) is 55.3 Å². The van der Waals surface area contributed by atoms with Crippen LogP contribution in [0.4, 0.5) is 9.18 Å². The first-order valence-electron chi connectivity index (χ1n) is 19.3. The zero-order valence-corrected chi connectivity index (χ0v) is 32.3. The van der Waals surface area contributed by atoms with E-state index in [-0.39, 0.29) is 19.4 Å². The number of carbonyl (C=O) groups excluding carboxylic acids is 4. The Labute approximate surface area is 324 Å². The number of alkyl carbamates (subject to hydrolysis) is 1. The minimum Gasteiger partial charge on any atom is -0.483 e. The highest BCUT2D eigenvalue weighted by atomic mass is 32.2. The lowest BCUT2D eigenvalue weighted by Gasteiger charge is -2.37. The summed E-state index contributed by atoms with van der Waals surface area (Å²) in [6, 6.07) is 11.5. The normalized spacial score (nSPS) is 29.0. The largest absolute Gasteiger partial charge is 0.483 e. The number of halogens is 1. The first-order chi connectivity index (χ1) is 26.8. The number of pyridine rings is 1. The van der Waals surface area contributed by atoms with Crippen LogP contribution in [0.2, 0.25) is 0 Å². The maximum atomic E-state index is 14.7. The molecule has 1 aromatic heterocycles. The quantitative estimate of drug-likeness (QED) is 0.307. The number of nitrogens with one attached hydrogen (secondary N) is 3. The average Bonchev–Trinajstić information content (AvgIpc) is 4.07. The standard InChI is InChI=1S/C41H46FN5O8S/c1-39(19-20-39)56(52,53)46-37(50)41-22-26(41)12-6-4-3-5-7-16-31(44-38(51)54-2)36(49)47-24-40(23-32(47)35(48)45-41)18-17-29-28-14-8-9-15-30(28)43-33(34(29)55-40)25-11-10-13-27(42)21-25/h6,8-15,21,26,31-32H,3-5,7,16-20,22-24H2,1-2H3,(H,44,51)(H,45,48)(H,46,50)/b12-6-/t26-,31-,32-,40+,41+/m0/s1. The molecule has 3 aliphatic heterocycles. The van der Waals surface area contributed by atoms with Crippen LogP contribution in [0, 0.1) is 11.7 Å². The molecule has 5 atom stereocenters. The van der Waals surface area contributed by atoms with Crippen molar-refractivity contribution in [3.8, 4) is 17.0 Å². The zero-order valence-electron chi connectivity index (χ0n) is 31.4. The van der Waals surface area contributed by atoms with E-state index in [9.17, 15) is 32.0 Å². The molecule has 56 heavy (non-hydrogen) atoms. The summed E-state index contributed by atoms with van der Waals surface area (Å²) in [6.07, 6.45) is 8.09. The number of fused-ring (bicyclic) bond motifs is 5. The van der Waals surface area contributed by atoms with Gasteiger partial charge in [0.2, 0.25) is 21.8 Å². The molecular formula is C41H46FN5O8S. The van der Waals surface area contributed by atoms with Crippen LogP contribution in [0.15, 0.2) is 60.7 Å². The van der Waals surface area contributed by atoms with Crippen molar-refractivity contribution in [3.63, 3.8) is 0 Å². The third-order valence-electron chi connectivity index (χ3n) is 12.3. The Balaban J connectivity index is 1.18. The zero-order chi connectivity index (χ0) is 39.5. The molecule has 2 saturated carbocycles. The Morgan fingerprint density at radius 3 is 2.62 bits per heavy atom. The fourth-order valence-corrected chi connectivity index (χ4v) is 9.83. The van der Waals surface area contributed by atoms with Crippen molar-refractivity contribution in [2.24, 2.45) is 5.92 Å². The molecule has 8 rings (SSSR count). The molecule has 15 heteroatoms. The first-order valence-corrected chi connectivity index (χ1v) is 20.8. The van der Waals surface area contributed by atoms with Crippen molar-refractivity contribution in [3.05, 3.63) is 72.1 Å². The molecular weight excluding hydrogens is 742 g/mol. The second kappa shape index (κ2) is 14.2. The Morgan fingerprint density at radius 2 is 1.86 bits per heavy atom. The number of rotatable bonds is 5. The van der Waals surface area contributed by atoms with Crippen molar-refractivity contribution < 1.29 is 41.5 Å². The van der Waals surface area contributed by atoms with Gasteiger partial charge in [-0.15, -0.1) is 0 Å². The number of methoxy groups -OCH3 is 1. The number of amides is 4. The molecule has 0 unspecified atom stereocenters. The molecule has 1 spiro atoms. The van der Waals surface area contributed by atoms with Gasteiger partial charge in [0.1, 0.15) is 40.5 Å². The number of hydrogen-bond acceptors (Lipinski definition) is 9. The fourth-order valence-electron chi connectivity index (χ4n) is 8.51. The molecule has 5 aliphatic rings. The molecule has 2 aromatic carbocycles. The average molecular weight is 788 g/mol. The predicted molar refractivity (Wildman–Crippen MR) is 204 cm³/mol. The number of aromatic nitrogens is 1. The third kappa shape index (κ3) is 6.87. The number of benzene rings is 2. The second-order valence-corrected chi connectivity index (χ2v) is 18.4. The number of nitrogens with zero attached hydrogens (tertiary/aromatic N) is 2. The van der Waals surface area contributed by atoms with Gasteiger partial charge in [0.15, 0.2) is 0 Å². The lowest BCUT2D eigenvalue weighted by atomic mass is 9.86. The molecule has 296 valence electrons. The molecule has 4 heterocycles. The van der Waals surface area contributed by atoms with Crippen LogP contribution in [0.3, 0.4) is 0 Å². The monoisotopic (exact) mass is 787 g/mol. The van der Waals surface area contributed by atoms with E-state index in [1.165, 1.54) is 24.1 Å². The number of sulfonamides is 1. The van der Waals surface area contributed by atoms with Gasteiger partial charge in [-0.05, 0) is 76.5 Å². The van der Waals surface area contributed by atoms with Crippen molar-refractivity contribution >= 4 is 44.7 Å². The molecule has 3 N–H and O–H groups in total. The van der Waals surface area contributed by atoms with Crippen molar-refractivity contribution in [1.82, 2.24) is 25.2 Å². The number of hydrogen-bond donors (Lipinski definition) is 3. The van der Waals surface area contributed by atoms with Crippen molar-refractivity contribution in [2.75, 3.05) is 13.7 Å². The van der Waals surface area contributed by atoms with Crippen LogP contribution in [0.5, 0.6) is 5.75 Å². The van der Waals surface area contributed by atoms with Gasteiger partial charge in [-0.2, -0.15) is 0 Å².